The molecule has 0 saturated heterocycles. The average molecular weight is 269 g/mol. The van der Waals surface area contributed by atoms with Crippen molar-refractivity contribution in [2.45, 2.75) is 37.6 Å². The Hall–Kier alpha value is -2.10. The van der Waals surface area contributed by atoms with Crippen LogP contribution < -0.4 is 5.32 Å². The van der Waals surface area contributed by atoms with Gasteiger partial charge in [0, 0.05) is 18.3 Å². The van der Waals surface area contributed by atoms with Crippen LogP contribution in [-0.2, 0) is 16.8 Å². The molecule has 1 aliphatic carbocycles. The number of nitrogens with zero attached hydrogens (tertiary/aromatic N) is 1. The predicted molar refractivity (Wildman–Crippen MR) is 77.0 cm³/mol. The molecule has 0 bridgehead atoms. The maximum atomic E-state index is 12.7. The summed E-state index contributed by atoms with van der Waals surface area (Å²) < 4.78 is 0. The number of hydrogen-bond acceptors (Lipinski definition) is 2. The second-order valence-corrected chi connectivity index (χ2v) is 5.44. The fourth-order valence-electron chi connectivity index (χ4n) is 3.11. The molecule has 3 rings (SSSR count). The Balaban J connectivity index is 1.78. The van der Waals surface area contributed by atoms with Gasteiger partial charge in [-0.3, -0.25) is 9.89 Å². The van der Waals surface area contributed by atoms with E-state index in [-0.39, 0.29) is 11.3 Å². The van der Waals surface area contributed by atoms with E-state index in [9.17, 15) is 4.79 Å². The van der Waals surface area contributed by atoms with Crippen LogP contribution in [0.15, 0.2) is 42.7 Å². The number of H-pyrrole nitrogens is 1. The summed E-state index contributed by atoms with van der Waals surface area (Å²) in [6.07, 6.45) is 7.67. The summed E-state index contributed by atoms with van der Waals surface area (Å²) >= 11 is 0. The van der Waals surface area contributed by atoms with E-state index in [4.69, 9.17) is 0 Å². The molecule has 1 amide bonds. The molecule has 1 saturated carbocycles. The first-order chi connectivity index (χ1) is 9.81. The zero-order valence-corrected chi connectivity index (χ0v) is 11.4. The summed E-state index contributed by atoms with van der Waals surface area (Å²) in [5.41, 5.74) is 1.80. The summed E-state index contributed by atoms with van der Waals surface area (Å²) in [5, 5.41) is 9.73. The van der Waals surface area contributed by atoms with Crippen LogP contribution >= 0.6 is 0 Å². The van der Waals surface area contributed by atoms with E-state index in [1.807, 2.05) is 24.4 Å². The third-order valence-electron chi connectivity index (χ3n) is 4.23. The van der Waals surface area contributed by atoms with Crippen molar-refractivity contribution in [2.75, 3.05) is 0 Å². The highest BCUT2D eigenvalue weighted by molar-refractivity contribution is 5.88. The molecule has 0 radical (unpaired) electrons. The number of hydrogen-bond donors (Lipinski definition) is 2. The number of aromatic nitrogens is 2. The van der Waals surface area contributed by atoms with Crippen LogP contribution in [0.1, 0.15) is 36.8 Å². The summed E-state index contributed by atoms with van der Waals surface area (Å²) in [6.45, 7) is 0.532. The molecule has 0 spiro atoms. The molecule has 1 fully saturated rings. The molecule has 1 aromatic carbocycles. The summed E-state index contributed by atoms with van der Waals surface area (Å²) in [4.78, 5) is 12.7. The molecule has 0 atom stereocenters. The van der Waals surface area contributed by atoms with Crippen molar-refractivity contribution >= 4 is 5.91 Å². The Kier molecular flexibility index (Phi) is 3.54. The van der Waals surface area contributed by atoms with Crippen LogP contribution in [-0.4, -0.2) is 16.1 Å². The molecular weight excluding hydrogens is 250 g/mol. The Labute approximate surface area is 118 Å². The van der Waals surface area contributed by atoms with Crippen LogP contribution in [0.25, 0.3) is 0 Å². The van der Waals surface area contributed by atoms with E-state index in [1.165, 1.54) is 0 Å². The second kappa shape index (κ2) is 5.49. The van der Waals surface area contributed by atoms with E-state index in [0.29, 0.717) is 6.54 Å². The van der Waals surface area contributed by atoms with Gasteiger partial charge in [0.25, 0.3) is 0 Å². The Bertz CT molecular complexity index is 557. The molecule has 1 aromatic heterocycles. The van der Waals surface area contributed by atoms with E-state index in [1.54, 1.807) is 6.20 Å². The number of amides is 1. The van der Waals surface area contributed by atoms with Crippen LogP contribution in [0.4, 0.5) is 0 Å². The molecule has 20 heavy (non-hydrogen) atoms. The van der Waals surface area contributed by atoms with E-state index in [0.717, 1.165) is 36.8 Å². The Morgan fingerprint density at radius 2 is 2.00 bits per heavy atom. The van der Waals surface area contributed by atoms with Gasteiger partial charge >= 0.3 is 0 Å². The lowest BCUT2D eigenvalue weighted by Gasteiger charge is -2.28. The van der Waals surface area contributed by atoms with Crippen LogP contribution in [0, 0.1) is 0 Å². The van der Waals surface area contributed by atoms with Crippen molar-refractivity contribution in [2.24, 2.45) is 0 Å². The average Bonchev–Trinajstić information content (AvgIpc) is 3.18. The smallest absolute Gasteiger partial charge is 0.230 e. The molecule has 104 valence electrons. The van der Waals surface area contributed by atoms with Gasteiger partial charge in [0.05, 0.1) is 11.6 Å². The third kappa shape index (κ3) is 2.33. The fraction of sp³-hybridized carbons (Fsp3) is 0.375. The Morgan fingerprint density at radius 1 is 1.25 bits per heavy atom. The lowest BCUT2D eigenvalue weighted by molar-refractivity contribution is -0.126. The summed E-state index contributed by atoms with van der Waals surface area (Å²) in [5.74, 6) is 0.141. The van der Waals surface area contributed by atoms with Gasteiger partial charge in [-0.1, -0.05) is 43.2 Å². The minimum Gasteiger partial charge on any atom is -0.351 e. The number of rotatable bonds is 4. The number of nitrogens with one attached hydrogen (secondary N) is 2. The summed E-state index contributed by atoms with van der Waals surface area (Å²) in [7, 11) is 0. The molecule has 2 N–H and O–H groups in total. The fourth-order valence-corrected chi connectivity index (χ4v) is 3.11. The zero-order valence-electron chi connectivity index (χ0n) is 11.4. The van der Waals surface area contributed by atoms with Gasteiger partial charge in [-0.15, -0.1) is 0 Å². The maximum Gasteiger partial charge on any atom is 0.230 e. The molecule has 1 aliphatic rings. The minimum absolute atomic E-state index is 0.141. The highest BCUT2D eigenvalue weighted by Crippen LogP contribution is 2.41. The van der Waals surface area contributed by atoms with Crippen molar-refractivity contribution in [3.05, 3.63) is 53.9 Å². The summed E-state index contributed by atoms with van der Waals surface area (Å²) in [6, 6.07) is 10.2. The van der Waals surface area contributed by atoms with Crippen LogP contribution in [0.2, 0.25) is 0 Å². The highest BCUT2D eigenvalue weighted by atomic mass is 16.2. The molecule has 4 heteroatoms. The first kappa shape index (κ1) is 12.9. The van der Waals surface area contributed by atoms with Gasteiger partial charge in [-0.05, 0) is 18.4 Å². The Morgan fingerprint density at radius 3 is 2.65 bits per heavy atom. The van der Waals surface area contributed by atoms with Gasteiger partial charge in [0.1, 0.15) is 0 Å². The molecule has 4 nitrogen and oxygen atoms in total. The molecule has 0 aliphatic heterocycles. The number of benzene rings is 1. The lowest BCUT2D eigenvalue weighted by atomic mass is 9.78. The zero-order chi connectivity index (χ0) is 13.8. The van der Waals surface area contributed by atoms with Gasteiger partial charge in [0.15, 0.2) is 0 Å². The van der Waals surface area contributed by atoms with Crippen molar-refractivity contribution in [1.29, 1.82) is 0 Å². The quantitative estimate of drug-likeness (QED) is 0.896. The topological polar surface area (TPSA) is 57.8 Å². The molecule has 2 aromatic rings. The van der Waals surface area contributed by atoms with Crippen molar-refractivity contribution in [1.82, 2.24) is 15.5 Å². The van der Waals surface area contributed by atoms with Gasteiger partial charge in [-0.2, -0.15) is 5.10 Å². The SMILES string of the molecule is O=C(NCc1cn[nH]c1)C1(c2ccccc2)CCCC1. The monoisotopic (exact) mass is 269 g/mol. The normalized spacial score (nSPS) is 17.0. The van der Waals surface area contributed by atoms with Crippen LogP contribution in [0.3, 0.4) is 0 Å². The van der Waals surface area contributed by atoms with E-state index < -0.39 is 0 Å². The van der Waals surface area contributed by atoms with Crippen LogP contribution in [0.5, 0.6) is 0 Å². The first-order valence-electron chi connectivity index (χ1n) is 7.13. The van der Waals surface area contributed by atoms with E-state index >= 15 is 0 Å². The predicted octanol–water partition coefficient (Wildman–Crippen LogP) is 2.54. The van der Waals surface area contributed by atoms with Crippen molar-refractivity contribution in [3.63, 3.8) is 0 Å². The van der Waals surface area contributed by atoms with Gasteiger partial charge in [0.2, 0.25) is 5.91 Å². The van der Waals surface area contributed by atoms with Gasteiger partial charge in [-0.25, -0.2) is 0 Å². The standard InChI is InChI=1S/C16H19N3O/c20-15(17-10-13-11-18-19-12-13)16(8-4-5-9-16)14-6-2-1-3-7-14/h1-3,6-7,11-12H,4-5,8-10H2,(H,17,20)(H,18,19). The van der Waals surface area contributed by atoms with Crippen molar-refractivity contribution in [3.8, 4) is 0 Å². The molecular formula is C16H19N3O. The van der Waals surface area contributed by atoms with Crippen molar-refractivity contribution < 1.29 is 4.79 Å². The van der Waals surface area contributed by atoms with Gasteiger partial charge < -0.3 is 5.32 Å². The molecule has 1 heterocycles. The largest absolute Gasteiger partial charge is 0.351 e. The minimum atomic E-state index is -0.342. The maximum absolute atomic E-state index is 12.7. The second-order valence-electron chi connectivity index (χ2n) is 5.44. The number of aromatic amines is 1. The first-order valence-corrected chi connectivity index (χ1v) is 7.13. The number of carbonyl (C=O) groups is 1. The number of carbonyl (C=O) groups excluding carboxylic acids is 1. The lowest BCUT2D eigenvalue weighted by Crippen LogP contribution is -2.42. The third-order valence-corrected chi connectivity index (χ3v) is 4.23. The highest BCUT2D eigenvalue weighted by Gasteiger charge is 2.42. The van der Waals surface area contributed by atoms with E-state index in [2.05, 4.69) is 27.6 Å². The molecule has 0 unspecified atom stereocenters.